The highest BCUT2D eigenvalue weighted by atomic mass is 32.2. The smallest absolute Gasteiger partial charge is 0.245 e. The number of rotatable bonds is 4. The molecule has 0 radical (unpaired) electrons. The number of thioether (sulfide) groups is 1. The first kappa shape index (κ1) is 12.9. The molecule has 4 nitrogen and oxygen atoms in total. The topological polar surface area (TPSA) is 56.1 Å². The molecule has 1 fully saturated rings. The van der Waals surface area contributed by atoms with Crippen LogP contribution in [0.15, 0.2) is 30.3 Å². The predicted octanol–water partition coefficient (Wildman–Crippen LogP) is 1.60. The van der Waals surface area contributed by atoms with Gasteiger partial charge in [-0.05, 0) is 12.1 Å². The summed E-state index contributed by atoms with van der Waals surface area (Å²) >= 11 is 1.72. The van der Waals surface area contributed by atoms with Crippen molar-refractivity contribution in [2.75, 3.05) is 23.1 Å². The zero-order valence-electron chi connectivity index (χ0n) is 10.0. The Hall–Kier alpha value is -1.51. The minimum Gasteiger partial charge on any atom is -0.310 e. The van der Waals surface area contributed by atoms with E-state index in [4.69, 9.17) is 5.26 Å². The molecule has 2 rings (SSSR count). The Labute approximate surface area is 111 Å². The Balaban J connectivity index is 2.14. The first-order valence-corrected chi connectivity index (χ1v) is 7.03. The van der Waals surface area contributed by atoms with Crippen molar-refractivity contribution in [3.63, 3.8) is 0 Å². The molecule has 94 valence electrons. The second-order valence-corrected chi connectivity index (χ2v) is 5.04. The molecular formula is C13H15N3OS. The molecule has 1 unspecified atom stereocenters. The van der Waals surface area contributed by atoms with Gasteiger partial charge in [0.25, 0.3) is 0 Å². The van der Waals surface area contributed by atoms with Crippen LogP contribution in [0.1, 0.15) is 6.42 Å². The van der Waals surface area contributed by atoms with E-state index < -0.39 is 0 Å². The normalized spacial score (nSPS) is 18.3. The summed E-state index contributed by atoms with van der Waals surface area (Å²) in [6, 6.07) is 11.5. The number of para-hydroxylation sites is 1. The molecular weight excluding hydrogens is 246 g/mol. The van der Waals surface area contributed by atoms with E-state index >= 15 is 0 Å². The summed E-state index contributed by atoms with van der Waals surface area (Å²) in [5.41, 5.74) is 0.858. The van der Waals surface area contributed by atoms with Crippen LogP contribution in [0.5, 0.6) is 0 Å². The van der Waals surface area contributed by atoms with Crippen molar-refractivity contribution >= 4 is 23.4 Å². The molecule has 1 aliphatic rings. The van der Waals surface area contributed by atoms with E-state index in [9.17, 15) is 4.79 Å². The number of hydrogen-bond acceptors (Lipinski definition) is 4. The molecule has 0 aliphatic carbocycles. The largest absolute Gasteiger partial charge is 0.310 e. The Kier molecular flexibility index (Phi) is 4.62. The third-order valence-electron chi connectivity index (χ3n) is 2.80. The monoisotopic (exact) mass is 261 g/mol. The van der Waals surface area contributed by atoms with Gasteiger partial charge in [-0.2, -0.15) is 5.26 Å². The van der Waals surface area contributed by atoms with Gasteiger partial charge in [0, 0.05) is 23.9 Å². The number of carbonyl (C=O) groups excluding carboxylic acids is 1. The Bertz CT molecular complexity index is 437. The van der Waals surface area contributed by atoms with E-state index in [-0.39, 0.29) is 11.9 Å². The molecule has 0 saturated carbocycles. The zero-order chi connectivity index (χ0) is 12.8. The molecule has 1 N–H and O–H groups in total. The third-order valence-corrected chi connectivity index (χ3v) is 3.74. The maximum atomic E-state index is 12.4. The van der Waals surface area contributed by atoms with Crippen LogP contribution in [0, 0.1) is 11.3 Å². The van der Waals surface area contributed by atoms with Crippen molar-refractivity contribution in [2.24, 2.45) is 0 Å². The van der Waals surface area contributed by atoms with E-state index in [1.54, 1.807) is 16.7 Å². The zero-order valence-corrected chi connectivity index (χ0v) is 10.8. The van der Waals surface area contributed by atoms with Crippen molar-refractivity contribution in [1.29, 1.82) is 5.26 Å². The Morgan fingerprint density at radius 1 is 1.50 bits per heavy atom. The summed E-state index contributed by atoms with van der Waals surface area (Å²) in [7, 11) is 0. The summed E-state index contributed by atoms with van der Waals surface area (Å²) < 4.78 is 0. The maximum Gasteiger partial charge on any atom is 0.245 e. The first-order chi connectivity index (χ1) is 8.83. The fourth-order valence-corrected chi connectivity index (χ4v) is 2.81. The summed E-state index contributed by atoms with van der Waals surface area (Å²) in [6.07, 6.45) is 0.348. The third kappa shape index (κ3) is 3.03. The highest BCUT2D eigenvalue weighted by Crippen LogP contribution is 2.18. The number of anilines is 1. The molecule has 5 heteroatoms. The molecule has 1 atom stereocenters. The quantitative estimate of drug-likeness (QED) is 0.894. The van der Waals surface area contributed by atoms with Crippen LogP contribution in [-0.4, -0.2) is 30.1 Å². The number of nitrogens with one attached hydrogen (secondary N) is 1. The van der Waals surface area contributed by atoms with E-state index in [1.165, 1.54) is 0 Å². The lowest BCUT2D eigenvalue weighted by molar-refractivity contribution is -0.119. The van der Waals surface area contributed by atoms with E-state index in [0.29, 0.717) is 13.0 Å². The van der Waals surface area contributed by atoms with Crippen LogP contribution in [0.25, 0.3) is 0 Å². The van der Waals surface area contributed by atoms with Crippen LogP contribution in [-0.2, 0) is 4.79 Å². The van der Waals surface area contributed by atoms with Gasteiger partial charge in [-0.3, -0.25) is 10.1 Å². The van der Waals surface area contributed by atoms with Crippen LogP contribution < -0.4 is 10.2 Å². The van der Waals surface area contributed by atoms with Gasteiger partial charge in [-0.1, -0.05) is 18.2 Å². The van der Waals surface area contributed by atoms with Crippen LogP contribution >= 0.6 is 11.8 Å². The van der Waals surface area contributed by atoms with Gasteiger partial charge in [0.2, 0.25) is 5.91 Å². The summed E-state index contributed by atoms with van der Waals surface area (Å²) in [5.74, 6) is 1.67. The average Bonchev–Trinajstić information content (AvgIpc) is 2.94. The number of amides is 1. The summed E-state index contributed by atoms with van der Waals surface area (Å²) in [4.78, 5) is 14.1. The first-order valence-electron chi connectivity index (χ1n) is 5.87. The lowest BCUT2D eigenvalue weighted by Gasteiger charge is -2.24. The fourth-order valence-electron chi connectivity index (χ4n) is 1.88. The number of nitrogens with zero attached hydrogens (tertiary/aromatic N) is 2. The minimum absolute atomic E-state index is 0.0569. The molecule has 0 bridgehead atoms. The molecule has 1 aliphatic heterocycles. The van der Waals surface area contributed by atoms with Gasteiger partial charge in [-0.25, -0.2) is 0 Å². The van der Waals surface area contributed by atoms with Crippen LogP contribution in [0.2, 0.25) is 0 Å². The molecule has 0 aromatic heterocycles. The molecule has 1 heterocycles. The van der Waals surface area contributed by atoms with Crippen molar-refractivity contribution in [2.45, 2.75) is 12.5 Å². The second kappa shape index (κ2) is 6.43. The lowest BCUT2D eigenvalue weighted by atomic mass is 10.2. The molecule has 1 saturated heterocycles. The average molecular weight is 261 g/mol. The molecule has 1 aromatic rings. The summed E-state index contributed by atoms with van der Waals surface area (Å²) in [5, 5.41) is 11.9. The fraction of sp³-hybridized carbons (Fsp3) is 0.385. The van der Waals surface area contributed by atoms with E-state index in [0.717, 1.165) is 17.3 Å². The molecule has 1 amide bonds. The second-order valence-electron chi connectivity index (χ2n) is 4.01. The van der Waals surface area contributed by atoms with Gasteiger partial charge in [0.05, 0.1) is 18.5 Å². The standard InChI is InChI=1S/C13H15N3OS/c14-7-4-8-16(11-5-2-1-3-6-11)13(17)12-9-18-10-15-12/h1-3,5-6,12,15H,4,8-10H2. The van der Waals surface area contributed by atoms with Crippen molar-refractivity contribution in [1.82, 2.24) is 5.32 Å². The van der Waals surface area contributed by atoms with Crippen molar-refractivity contribution in [3.8, 4) is 6.07 Å². The molecule has 18 heavy (non-hydrogen) atoms. The number of carbonyl (C=O) groups is 1. The van der Waals surface area contributed by atoms with Crippen LogP contribution in [0.3, 0.4) is 0 Å². The lowest BCUT2D eigenvalue weighted by Crippen LogP contribution is -2.45. The molecule has 0 spiro atoms. The number of nitriles is 1. The van der Waals surface area contributed by atoms with Crippen molar-refractivity contribution < 1.29 is 4.79 Å². The summed E-state index contributed by atoms with van der Waals surface area (Å²) in [6.45, 7) is 0.447. The maximum absolute atomic E-state index is 12.4. The minimum atomic E-state index is -0.131. The number of hydrogen-bond donors (Lipinski definition) is 1. The number of benzene rings is 1. The Morgan fingerprint density at radius 2 is 2.28 bits per heavy atom. The highest BCUT2D eigenvalue weighted by Gasteiger charge is 2.27. The SMILES string of the molecule is N#CCCN(C(=O)C1CSCN1)c1ccccc1. The van der Waals surface area contributed by atoms with E-state index in [2.05, 4.69) is 11.4 Å². The predicted molar refractivity (Wildman–Crippen MR) is 73.3 cm³/mol. The van der Waals surface area contributed by atoms with E-state index in [1.807, 2.05) is 30.3 Å². The van der Waals surface area contributed by atoms with Gasteiger partial charge in [-0.15, -0.1) is 11.8 Å². The van der Waals surface area contributed by atoms with Gasteiger partial charge < -0.3 is 4.90 Å². The van der Waals surface area contributed by atoms with Crippen molar-refractivity contribution in [3.05, 3.63) is 30.3 Å². The van der Waals surface area contributed by atoms with Gasteiger partial charge in [0.15, 0.2) is 0 Å². The highest BCUT2D eigenvalue weighted by molar-refractivity contribution is 7.99. The van der Waals surface area contributed by atoms with Gasteiger partial charge in [0.1, 0.15) is 0 Å². The van der Waals surface area contributed by atoms with Crippen LogP contribution in [0.4, 0.5) is 5.69 Å². The van der Waals surface area contributed by atoms with Gasteiger partial charge >= 0.3 is 0 Å². The molecule has 1 aromatic carbocycles. The Morgan fingerprint density at radius 3 is 2.89 bits per heavy atom.